The van der Waals surface area contributed by atoms with Crippen LogP contribution in [0.4, 0.5) is 4.39 Å². The second-order valence-corrected chi connectivity index (χ2v) is 37.4. The molecule has 0 bridgehead atoms. The Bertz CT molecular complexity index is 3330. The fourth-order valence-corrected chi connectivity index (χ4v) is 16.8. The zero-order valence-electron chi connectivity index (χ0n) is 75.4. The number of alkyl halides is 1. The Morgan fingerprint density at radius 1 is 0.454 bits per heavy atom. The minimum atomic E-state index is -5.25. The zero-order valence-corrected chi connectivity index (χ0v) is 77.1. The average molecular weight is 1910 g/mol. The summed E-state index contributed by atoms with van der Waals surface area (Å²) in [7, 11) is -9.39. The Hall–Kier alpha value is -5.44. The molecule has 9 unspecified atom stereocenters. The molecule has 5 rings (SSSR count). The number of unbranched alkanes of at least 4 members (excludes halogenated alkanes) is 8. The van der Waals surface area contributed by atoms with Gasteiger partial charge in [-0.15, -0.1) is 0 Å². The van der Waals surface area contributed by atoms with Gasteiger partial charge in [-0.25, -0.2) is 8.96 Å². The first kappa shape index (κ1) is 115. The number of nitrogens with zero attached hydrogens (tertiary/aromatic N) is 1. The zero-order chi connectivity index (χ0) is 96.3. The Morgan fingerprint density at radius 3 is 1.20 bits per heavy atom. The van der Waals surface area contributed by atoms with Gasteiger partial charge in [-0.2, -0.15) is 0 Å². The van der Waals surface area contributed by atoms with Crippen molar-refractivity contribution in [3.8, 4) is 0 Å². The number of amides is 6. The second kappa shape index (κ2) is 59.5. The van der Waals surface area contributed by atoms with Gasteiger partial charge in [0.15, 0.2) is 24.5 Å². The van der Waals surface area contributed by atoms with E-state index >= 15 is 4.39 Å². The highest BCUT2D eigenvalue weighted by Crippen LogP contribution is 2.52. The molecule has 17 N–H and O–H groups in total. The number of Topliss-reactive ketones (excluding diaryl/α,β-unsaturated/α-hetero) is 5. The number of phosphoric acid groups is 1. The van der Waals surface area contributed by atoms with Crippen LogP contribution in [-0.2, 0) is 123 Å². The van der Waals surface area contributed by atoms with E-state index in [0.717, 1.165) is 18.5 Å². The molecule has 5 aliphatic rings. The van der Waals surface area contributed by atoms with Crippen molar-refractivity contribution in [2.24, 2.45) is 0 Å². The first-order valence-electron chi connectivity index (χ1n) is 44.9. The predicted octanol–water partition coefficient (Wildman–Crippen LogP) is -0.922. The SMILES string of the molecule is CC(=O)NC1[C@H](OCCCCC(=O)CCCCCC(=O)CCOCC(COCCC(=O)CCCCCC(=O)CCCCO[C@@H]2OC(CO)[C@H](O)[C@H](O)C2NC(C)=O)(COCCC(=O)NCCCCC(=O)CCCCO[C@@H]2OC(CO)[C@H](O)[C@H](O)C2NC(C)=O)NC(=O)CCC(=O)N2C[C@H](O)C[C@H]2COP(=O)(O)O[C@@H]2[C@@H](COP(C)(=O)O)O[C@@H](C)C2(C)F)OC(CO)[C@H](O)[C@@H]1O. The van der Waals surface area contributed by atoms with Crippen molar-refractivity contribution in [1.29, 1.82) is 0 Å². The van der Waals surface area contributed by atoms with E-state index in [1.54, 1.807) is 0 Å². The number of nitrogens with one attached hydrogen (secondary N) is 5. The largest absolute Gasteiger partial charge is 0.472 e. The molecule has 0 spiro atoms. The molecule has 44 nitrogen and oxygen atoms in total. The van der Waals surface area contributed by atoms with Gasteiger partial charge in [0.05, 0.1) is 90.9 Å². The standard InChI is InChI=1S/C83H143FN6O38P2/c1-51-82(5,84)78(65(124-51)47-122-129(6,112)113)128-130(114,115)123-46-55-41-61(102)42-90(55)68(105)30-29-67(104)89-83(48-116-38-31-59(100)23-11-7-9-21-56(97)26-14-18-35-119-79-69(86-52(2)94)75(109)72(106)62(43-91)125-79,49-117-39-32-60(101)24-12-8-10-22-57(98)27-15-19-36-120-80-70(87-53(3)95)76(110)73(107)63(44-92)126-80)50-118-40-33-66(103)85-34-17-13-25-58(99)28-16-20-37-121-81-71(88-54(4)96)77(111)74(108)64(45-93)127-81/h51,55,61-65,69-81,91-93,102,106-111H,7-50H2,1-6H3,(H,85,103)(H,86,94)(H,87,95)(H,88,96)(H,89,104)(H,112,113)(H,114,115)/t51-,55-,61+,62?,63?,64?,65+,69?,70?,71?,72-,73-,74-,75+,76+,77+,78+,79+,80+,81+,82?,83?/m0/s1. The maximum atomic E-state index is 16.0. The van der Waals surface area contributed by atoms with Gasteiger partial charge >= 0.3 is 15.4 Å². The van der Waals surface area contributed by atoms with Gasteiger partial charge in [0.25, 0.3) is 0 Å². The van der Waals surface area contributed by atoms with Crippen molar-refractivity contribution in [2.45, 2.75) is 348 Å². The van der Waals surface area contributed by atoms with Crippen LogP contribution in [0.15, 0.2) is 0 Å². The highest BCUT2D eigenvalue weighted by atomic mass is 31.2. The molecule has 750 valence electrons. The summed E-state index contributed by atoms with van der Waals surface area (Å²) in [6, 6.07) is -4.45. The van der Waals surface area contributed by atoms with Gasteiger partial charge in [0.2, 0.25) is 35.4 Å². The summed E-state index contributed by atoms with van der Waals surface area (Å²) in [5, 5.41) is 115. The number of phosphoric ester groups is 1. The maximum Gasteiger partial charge on any atom is 0.472 e. The van der Waals surface area contributed by atoms with Crippen LogP contribution in [0.1, 0.15) is 214 Å². The lowest BCUT2D eigenvalue weighted by Gasteiger charge is -2.42. The molecular formula is C83H143FN6O38P2. The second-order valence-electron chi connectivity index (χ2n) is 34.1. The summed E-state index contributed by atoms with van der Waals surface area (Å²) < 4.78 is 115. The maximum absolute atomic E-state index is 16.0. The van der Waals surface area contributed by atoms with Gasteiger partial charge in [0, 0.05) is 144 Å². The number of β-amino-alcohol motifs (C(OH)–C–C–N with tert-alkyl or cyclic N) is 1. The van der Waals surface area contributed by atoms with Gasteiger partial charge in [-0.1, -0.05) is 12.8 Å². The van der Waals surface area contributed by atoms with E-state index < -0.39 is 250 Å². The quantitative estimate of drug-likeness (QED) is 0.0259. The highest BCUT2D eigenvalue weighted by molar-refractivity contribution is 7.51. The van der Waals surface area contributed by atoms with Gasteiger partial charge < -0.3 is 144 Å². The number of hydrogen-bond donors (Lipinski definition) is 17. The van der Waals surface area contributed by atoms with Crippen LogP contribution in [-0.4, -0.2) is 376 Å². The summed E-state index contributed by atoms with van der Waals surface area (Å²) in [6.07, 6.45) is -15.6. The third-order valence-corrected chi connectivity index (χ3v) is 24.3. The normalized spacial score (nSPS) is 28.9. The molecule has 0 aromatic carbocycles. The average Bonchev–Trinajstić information content (AvgIpc) is 1.61. The summed E-state index contributed by atoms with van der Waals surface area (Å²) in [5.74, 6) is -4.02. The number of halogens is 1. The molecule has 0 saturated carbocycles. The Balaban J connectivity index is 1.20. The van der Waals surface area contributed by atoms with Crippen LogP contribution in [0.3, 0.4) is 0 Å². The molecule has 5 heterocycles. The smallest absolute Gasteiger partial charge is 0.394 e. The van der Waals surface area contributed by atoms with Crippen molar-refractivity contribution < 1.29 is 188 Å². The third kappa shape index (κ3) is 42.0. The molecule has 5 aliphatic heterocycles. The topological polar surface area (TPSA) is 648 Å². The van der Waals surface area contributed by atoms with Gasteiger partial charge in [-0.3, -0.25) is 66.4 Å². The lowest BCUT2D eigenvalue weighted by molar-refractivity contribution is -0.270. The molecule has 6 amide bonds. The van der Waals surface area contributed by atoms with Crippen LogP contribution < -0.4 is 26.6 Å². The molecule has 5 fully saturated rings. The van der Waals surface area contributed by atoms with E-state index in [1.807, 2.05) is 0 Å². The Kier molecular flexibility index (Phi) is 52.7. The molecule has 130 heavy (non-hydrogen) atoms. The van der Waals surface area contributed by atoms with Crippen molar-refractivity contribution in [1.82, 2.24) is 31.5 Å². The number of likely N-dealkylation sites (tertiary alicyclic amines) is 1. The number of carbonyl (C=O) groups is 11. The van der Waals surface area contributed by atoms with Crippen LogP contribution in [0.25, 0.3) is 0 Å². The number of aliphatic hydroxyl groups is 10. The summed E-state index contributed by atoms with van der Waals surface area (Å²) in [5.41, 5.74) is -4.13. The number of carbonyl (C=O) groups excluding carboxylic acids is 11. The summed E-state index contributed by atoms with van der Waals surface area (Å²) in [6.45, 7) is 1.70. The van der Waals surface area contributed by atoms with E-state index in [4.69, 9.17) is 60.9 Å². The molecule has 5 saturated heterocycles. The summed E-state index contributed by atoms with van der Waals surface area (Å²) in [4.78, 5) is 164. The fourth-order valence-electron chi connectivity index (χ4n) is 15.3. The lowest BCUT2D eigenvalue weighted by Crippen LogP contribution is -2.64. The van der Waals surface area contributed by atoms with E-state index in [0.29, 0.717) is 89.9 Å². The first-order valence-corrected chi connectivity index (χ1v) is 48.4. The summed E-state index contributed by atoms with van der Waals surface area (Å²) >= 11 is 0. The third-order valence-electron chi connectivity index (χ3n) is 22.7. The molecule has 0 aliphatic carbocycles. The number of ether oxygens (including phenoxy) is 10. The van der Waals surface area contributed by atoms with E-state index in [2.05, 4.69) is 26.6 Å². The van der Waals surface area contributed by atoms with Gasteiger partial charge in [-0.05, 0) is 97.3 Å². The van der Waals surface area contributed by atoms with Crippen LogP contribution in [0.2, 0.25) is 0 Å². The highest BCUT2D eigenvalue weighted by Gasteiger charge is 2.57. The molecule has 23 atom stereocenters. The van der Waals surface area contributed by atoms with Crippen molar-refractivity contribution in [3.05, 3.63) is 0 Å². The Labute approximate surface area is 756 Å². The molecule has 0 aromatic heterocycles. The van der Waals surface area contributed by atoms with Crippen molar-refractivity contribution >= 4 is 79.8 Å². The van der Waals surface area contributed by atoms with Crippen LogP contribution in [0, 0.1) is 0 Å². The minimum Gasteiger partial charge on any atom is -0.394 e. The lowest BCUT2D eigenvalue weighted by atomic mass is 9.96. The first-order chi connectivity index (χ1) is 61.5. The molecule has 0 radical (unpaired) electrons. The minimum absolute atomic E-state index is 0.0296. The molecular weight excluding hydrogens is 1770 g/mol. The number of rotatable bonds is 68. The Morgan fingerprint density at radius 2 is 0.823 bits per heavy atom. The van der Waals surface area contributed by atoms with E-state index in [-0.39, 0.29) is 159 Å². The number of aliphatic hydroxyl groups excluding tert-OH is 10. The monoisotopic (exact) mass is 1910 g/mol. The van der Waals surface area contributed by atoms with E-state index in [1.165, 1.54) is 27.7 Å². The van der Waals surface area contributed by atoms with Crippen LogP contribution in [0.5, 0.6) is 0 Å². The number of hydrogen-bond acceptors (Lipinski definition) is 36. The van der Waals surface area contributed by atoms with Gasteiger partial charge in [0.1, 0.15) is 120 Å². The van der Waals surface area contributed by atoms with Crippen LogP contribution >= 0.6 is 15.4 Å². The molecule has 47 heteroatoms. The van der Waals surface area contributed by atoms with E-state index in [9.17, 15) is 123 Å². The van der Waals surface area contributed by atoms with Crippen molar-refractivity contribution in [3.63, 3.8) is 0 Å². The fraction of sp³-hybridized carbons (Fsp3) is 0.867. The van der Waals surface area contributed by atoms with Crippen molar-refractivity contribution in [2.75, 3.05) is 112 Å². The predicted molar refractivity (Wildman–Crippen MR) is 452 cm³/mol. The molecule has 0 aromatic rings. The number of ketones is 5.